The van der Waals surface area contributed by atoms with Crippen LogP contribution in [-0.4, -0.2) is 33.9 Å². The topological polar surface area (TPSA) is 66.1 Å². The largest absolute Gasteiger partial charge is 0.343 e. The molecular formula is C17H25N3O2S. The molecule has 0 saturated carbocycles. The fourth-order valence-corrected chi connectivity index (χ4v) is 3.75. The predicted molar refractivity (Wildman–Crippen MR) is 95.2 cm³/mol. The third kappa shape index (κ3) is 3.99. The van der Waals surface area contributed by atoms with Crippen molar-refractivity contribution in [3.63, 3.8) is 0 Å². The lowest BCUT2D eigenvalue weighted by Crippen LogP contribution is -2.32. The van der Waals surface area contributed by atoms with Crippen LogP contribution in [0.25, 0.3) is 10.2 Å². The summed E-state index contributed by atoms with van der Waals surface area (Å²) in [6.45, 7) is 9.67. The number of hydrogen-bond donors (Lipinski definition) is 1. The second-order valence-electron chi connectivity index (χ2n) is 5.86. The molecule has 1 N–H and O–H groups in total. The van der Waals surface area contributed by atoms with Gasteiger partial charge in [-0.1, -0.05) is 13.8 Å². The van der Waals surface area contributed by atoms with Gasteiger partial charge in [0.15, 0.2) is 0 Å². The minimum absolute atomic E-state index is 0.0988. The number of aromatic nitrogens is 2. The van der Waals surface area contributed by atoms with Gasteiger partial charge in [0.05, 0.1) is 5.39 Å². The van der Waals surface area contributed by atoms with Gasteiger partial charge in [0.25, 0.3) is 5.56 Å². The quantitative estimate of drug-likeness (QED) is 0.845. The zero-order valence-corrected chi connectivity index (χ0v) is 15.2. The number of carbonyl (C=O) groups excluding carboxylic acids is 1. The van der Waals surface area contributed by atoms with Crippen molar-refractivity contribution in [3.05, 3.63) is 26.6 Å². The number of fused-ring (bicyclic) bond motifs is 1. The highest BCUT2D eigenvalue weighted by Gasteiger charge is 2.15. The van der Waals surface area contributed by atoms with Crippen molar-refractivity contribution in [3.8, 4) is 0 Å². The van der Waals surface area contributed by atoms with Gasteiger partial charge in [0, 0.05) is 30.8 Å². The van der Waals surface area contributed by atoms with Crippen LogP contribution < -0.4 is 5.56 Å². The number of hydrogen-bond acceptors (Lipinski definition) is 4. The zero-order chi connectivity index (χ0) is 17.0. The van der Waals surface area contributed by atoms with Gasteiger partial charge in [-0.25, -0.2) is 4.98 Å². The lowest BCUT2D eigenvalue weighted by molar-refractivity contribution is -0.131. The average molecular weight is 335 g/mol. The Morgan fingerprint density at radius 2 is 1.87 bits per heavy atom. The van der Waals surface area contributed by atoms with Crippen molar-refractivity contribution in [1.82, 2.24) is 14.9 Å². The van der Waals surface area contributed by atoms with Crippen LogP contribution in [-0.2, 0) is 11.2 Å². The van der Waals surface area contributed by atoms with Crippen LogP contribution in [0.4, 0.5) is 0 Å². The SMILES string of the molecule is CCCN(CCC)C(=O)CCc1nc2sc(C)c(C)c2c(=O)[nH]1. The van der Waals surface area contributed by atoms with E-state index in [0.717, 1.165) is 41.2 Å². The summed E-state index contributed by atoms with van der Waals surface area (Å²) in [6, 6.07) is 0. The van der Waals surface area contributed by atoms with Crippen molar-refractivity contribution in [1.29, 1.82) is 0 Å². The number of aromatic amines is 1. The molecule has 0 atom stereocenters. The smallest absolute Gasteiger partial charge is 0.259 e. The average Bonchev–Trinajstić information content (AvgIpc) is 2.79. The monoisotopic (exact) mass is 335 g/mol. The van der Waals surface area contributed by atoms with Crippen LogP contribution in [0.5, 0.6) is 0 Å². The maximum absolute atomic E-state index is 12.3. The van der Waals surface area contributed by atoms with Gasteiger partial charge in [0.2, 0.25) is 5.91 Å². The number of thiophene rings is 1. The van der Waals surface area contributed by atoms with E-state index in [1.807, 2.05) is 18.7 Å². The maximum atomic E-state index is 12.3. The van der Waals surface area contributed by atoms with E-state index in [-0.39, 0.29) is 11.5 Å². The fourth-order valence-electron chi connectivity index (χ4n) is 2.70. The van der Waals surface area contributed by atoms with E-state index >= 15 is 0 Å². The second-order valence-corrected chi connectivity index (χ2v) is 7.06. The standard InChI is InChI=1S/C17H25N3O2S/c1-5-9-20(10-6-2)14(21)8-7-13-18-16(22)15-11(3)12(4)23-17(15)19-13/h5-10H2,1-4H3,(H,18,19,22). The fraction of sp³-hybridized carbons (Fsp3) is 0.588. The molecule has 2 heterocycles. The van der Waals surface area contributed by atoms with Gasteiger partial charge in [-0.3, -0.25) is 9.59 Å². The van der Waals surface area contributed by atoms with Crippen LogP contribution in [0, 0.1) is 13.8 Å². The van der Waals surface area contributed by atoms with Gasteiger partial charge < -0.3 is 9.88 Å². The molecule has 0 aliphatic rings. The normalized spacial score (nSPS) is 11.1. The molecule has 126 valence electrons. The minimum Gasteiger partial charge on any atom is -0.343 e. The highest BCUT2D eigenvalue weighted by atomic mass is 32.1. The van der Waals surface area contributed by atoms with Crippen LogP contribution in [0.2, 0.25) is 0 Å². The van der Waals surface area contributed by atoms with E-state index in [4.69, 9.17) is 0 Å². The summed E-state index contributed by atoms with van der Waals surface area (Å²) < 4.78 is 0. The Labute approximate surface area is 140 Å². The van der Waals surface area contributed by atoms with Gasteiger partial charge in [-0.05, 0) is 32.3 Å². The molecule has 1 amide bonds. The van der Waals surface area contributed by atoms with Crippen LogP contribution in [0.1, 0.15) is 49.4 Å². The van der Waals surface area contributed by atoms with Crippen molar-refractivity contribution >= 4 is 27.5 Å². The molecule has 2 aromatic heterocycles. The summed E-state index contributed by atoms with van der Waals surface area (Å²) in [5.41, 5.74) is 0.900. The summed E-state index contributed by atoms with van der Waals surface area (Å²) in [4.78, 5) is 35.7. The van der Waals surface area contributed by atoms with Crippen LogP contribution in [0.3, 0.4) is 0 Å². The number of nitrogens with one attached hydrogen (secondary N) is 1. The van der Waals surface area contributed by atoms with Crippen LogP contribution >= 0.6 is 11.3 Å². The summed E-state index contributed by atoms with van der Waals surface area (Å²) in [5.74, 6) is 0.736. The van der Waals surface area contributed by atoms with E-state index in [9.17, 15) is 9.59 Å². The summed E-state index contributed by atoms with van der Waals surface area (Å²) in [7, 11) is 0. The Bertz CT molecular complexity index is 742. The number of aryl methyl sites for hydroxylation is 3. The first-order valence-corrected chi connectivity index (χ1v) is 9.06. The Balaban J connectivity index is 2.13. The Morgan fingerprint density at radius 3 is 2.48 bits per heavy atom. The molecule has 23 heavy (non-hydrogen) atoms. The molecular weight excluding hydrogens is 310 g/mol. The lowest BCUT2D eigenvalue weighted by Gasteiger charge is -2.21. The lowest BCUT2D eigenvalue weighted by atomic mass is 10.2. The summed E-state index contributed by atoms with van der Waals surface area (Å²) in [5, 5.41) is 0.682. The molecule has 0 unspecified atom stereocenters. The highest BCUT2D eigenvalue weighted by molar-refractivity contribution is 7.18. The van der Waals surface area contributed by atoms with Crippen molar-refractivity contribution in [2.24, 2.45) is 0 Å². The molecule has 2 rings (SSSR count). The first-order valence-electron chi connectivity index (χ1n) is 8.24. The molecule has 0 aliphatic carbocycles. The van der Waals surface area contributed by atoms with Crippen molar-refractivity contribution in [2.75, 3.05) is 13.1 Å². The number of rotatable bonds is 7. The molecule has 0 spiro atoms. The molecule has 6 heteroatoms. The number of nitrogens with zero attached hydrogens (tertiary/aromatic N) is 2. The first kappa shape index (κ1) is 17.7. The first-order chi connectivity index (χ1) is 11.0. The third-order valence-corrected chi connectivity index (χ3v) is 5.10. The molecule has 0 bridgehead atoms. The van der Waals surface area contributed by atoms with E-state index in [1.165, 1.54) is 11.3 Å². The predicted octanol–water partition coefficient (Wildman–Crippen LogP) is 3.18. The van der Waals surface area contributed by atoms with Crippen molar-refractivity contribution in [2.45, 2.75) is 53.4 Å². The van der Waals surface area contributed by atoms with Crippen LogP contribution in [0.15, 0.2) is 4.79 Å². The van der Waals surface area contributed by atoms with Gasteiger partial charge in [-0.2, -0.15) is 0 Å². The third-order valence-electron chi connectivity index (χ3n) is 4.00. The van der Waals surface area contributed by atoms with Gasteiger partial charge >= 0.3 is 0 Å². The van der Waals surface area contributed by atoms with E-state index in [2.05, 4.69) is 23.8 Å². The highest BCUT2D eigenvalue weighted by Crippen LogP contribution is 2.25. The Hall–Kier alpha value is -1.69. The van der Waals surface area contributed by atoms with Gasteiger partial charge in [0.1, 0.15) is 10.7 Å². The summed E-state index contributed by atoms with van der Waals surface area (Å²) >= 11 is 1.54. The molecule has 0 aliphatic heterocycles. The second kappa shape index (κ2) is 7.73. The van der Waals surface area contributed by atoms with E-state index in [0.29, 0.717) is 24.1 Å². The molecule has 2 aromatic rings. The zero-order valence-electron chi connectivity index (χ0n) is 14.4. The number of H-pyrrole nitrogens is 1. The van der Waals surface area contributed by atoms with E-state index < -0.39 is 0 Å². The van der Waals surface area contributed by atoms with E-state index in [1.54, 1.807) is 0 Å². The maximum Gasteiger partial charge on any atom is 0.259 e. The number of carbonyl (C=O) groups is 1. The molecule has 0 radical (unpaired) electrons. The van der Waals surface area contributed by atoms with Gasteiger partial charge in [-0.15, -0.1) is 11.3 Å². The Morgan fingerprint density at radius 1 is 1.22 bits per heavy atom. The molecule has 0 fully saturated rings. The van der Waals surface area contributed by atoms with Crippen molar-refractivity contribution < 1.29 is 4.79 Å². The minimum atomic E-state index is -0.0988. The number of amides is 1. The Kier molecular flexibility index (Phi) is 5.93. The molecule has 5 nitrogen and oxygen atoms in total. The molecule has 0 aromatic carbocycles. The molecule has 0 saturated heterocycles. The summed E-state index contributed by atoms with van der Waals surface area (Å²) in [6.07, 6.45) is 2.78.